The maximum absolute atomic E-state index is 6.38. The van der Waals surface area contributed by atoms with Crippen molar-refractivity contribution in [1.29, 1.82) is 0 Å². The number of aromatic nitrogens is 1. The van der Waals surface area contributed by atoms with Crippen LogP contribution in [-0.2, 0) is 10.3 Å². The highest BCUT2D eigenvalue weighted by Crippen LogP contribution is 2.45. The van der Waals surface area contributed by atoms with Crippen molar-refractivity contribution in [3.8, 4) is 0 Å². The zero-order valence-corrected chi connectivity index (χ0v) is 12.9. The molecule has 0 bridgehead atoms. The average Bonchev–Trinajstić information content (AvgIpc) is 3.07. The molecule has 110 valence electrons. The first-order chi connectivity index (χ1) is 10.8. The van der Waals surface area contributed by atoms with Crippen LogP contribution in [0, 0.1) is 0 Å². The van der Waals surface area contributed by atoms with Gasteiger partial charge in [-0.1, -0.05) is 41.9 Å². The summed E-state index contributed by atoms with van der Waals surface area (Å²) in [6, 6.07) is 16.4. The Hall–Kier alpha value is -1.90. The van der Waals surface area contributed by atoms with Gasteiger partial charge in [-0.3, -0.25) is 4.98 Å². The van der Waals surface area contributed by atoms with Crippen LogP contribution in [0.5, 0.6) is 0 Å². The molecule has 22 heavy (non-hydrogen) atoms. The van der Waals surface area contributed by atoms with Gasteiger partial charge in [-0.2, -0.15) is 0 Å². The van der Waals surface area contributed by atoms with Crippen LogP contribution in [0.2, 0.25) is 5.02 Å². The lowest BCUT2D eigenvalue weighted by Gasteiger charge is -2.31. The van der Waals surface area contributed by atoms with E-state index in [4.69, 9.17) is 16.3 Å². The number of halogens is 1. The fourth-order valence-corrected chi connectivity index (χ4v) is 3.70. The third kappa shape index (κ3) is 2.03. The third-order valence-electron chi connectivity index (χ3n) is 4.47. The van der Waals surface area contributed by atoms with Gasteiger partial charge in [-0.05, 0) is 47.6 Å². The first-order valence-electron chi connectivity index (χ1n) is 7.53. The van der Waals surface area contributed by atoms with Crippen LogP contribution in [0.3, 0.4) is 0 Å². The van der Waals surface area contributed by atoms with E-state index < -0.39 is 5.60 Å². The second-order valence-corrected chi connectivity index (χ2v) is 6.06. The summed E-state index contributed by atoms with van der Waals surface area (Å²) < 4.78 is 6.29. The van der Waals surface area contributed by atoms with Crippen molar-refractivity contribution in [2.24, 2.45) is 0 Å². The number of hydrogen-bond acceptors (Lipinski definition) is 2. The normalized spacial score (nSPS) is 21.3. The van der Waals surface area contributed by atoms with E-state index in [1.54, 1.807) is 0 Å². The maximum atomic E-state index is 6.38. The van der Waals surface area contributed by atoms with Crippen LogP contribution in [0.4, 0.5) is 0 Å². The smallest absolute Gasteiger partial charge is 0.119 e. The van der Waals surface area contributed by atoms with Gasteiger partial charge in [-0.15, -0.1) is 0 Å². The molecule has 1 saturated heterocycles. The van der Waals surface area contributed by atoms with Crippen molar-refractivity contribution in [3.63, 3.8) is 0 Å². The largest absolute Gasteiger partial charge is 0.366 e. The van der Waals surface area contributed by atoms with E-state index in [1.165, 1.54) is 5.56 Å². The highest BCUT2D eigenvalue weighted by atomic mass is 35.5. The first-order valence-corrected chi connectivity index (χ1v) is 7.91. The molecule has 3 heteroatoms. The quantitative estimate of drug-likeness (QED) is 0.668. The number of hydrogen-bond donors (Lipinski definition) is 0. The fraction of sp³-hybridized carbons (Fsp3) is 0.211. The fourth-order valence-electron chi connectivity index (χ4n) is 3.47. The average molecular weight is 310 g/mol. The van der Waals surface area contributed by atoms with Crippen LogP contribution in [0.1, 0.15) is 24.0 Å². The summed E-state index contributed by atoms with van der Waals surface area (Å²) in [5.74, 6) is 0. The Kier molecular flexibility index (Phi) is 3.36. The summed E-state index contributed by atoms with van der Waals surface area (Å²) in [6.45, 7) is 0.777. The molecule has 0 amide bonds. The minimum atomic E-state index is -0.396. The van der Waals surface area contributed by atoms with E-state index in [9.17, 15) is 0 Å². The molecule has 0 saturated carbocycles. The number of fused-ring (bicyclic) bond motifs is 1. The molecule has 1 fully saturated rings. The molecule has 1 aliphatic rings. The number of nitrogens with zero attached hydrogens (tertiary/aromatic N) is 1. The Bertz CT molecular complexity index is 810. The lowest BCUT2D eigenvalue weighted by atomic mass is 9.82. The van der Waals surface area contributed by atoms with Crippen LogP contribution < -0.4 is 0 Å². The van der Waals surface area contributed by atoms with E-state index in [-0.39, 0.29) is 0 Å². The van der Waals surface area contributed by atoms with Gasteiger partial charge in [0.05, 0.1) is 0 Å². The molecule has 0 unspecified atom stereocenters. The van der Waals surface area contributed by atoms with Crippen molar-refractivity contribution in [3.05, 3.63) is 77.1 Å². The zero-order chi connectivity index (χ0) is 15.0. The molecule has 3 aromatic rings. The standard InChI is InChI=1S/C19H16ClNO/c20-18-7-6-17(15-4-1-2-5-16(15)18)19(10-3-13-22-19)14-8-11-21-12-9-14/h1-2,4-9,11-12H,3,10,13H2/t19-/m0/s1. The topological polar surface area (TPSA) is 22.1 Å². The summed E-state index contributed by atoms with van der Waals surface area (Å²) in [5, 5.41) is 3.02. The zero-order valence-electron chi connectivity index (χ0n) is 12.1. The SMILES string of the molecule is Clc1ccc([C@@]2(c3ccncc3)CCCO2)c2ccccc12. The van der Waals surface area contributed by atoms with Crippen molar-refractivity contribution in [1.82, 2.24) is 4.98 Å². The molecule has 0 N–H and O–H groups in total. The molecular weight excluding hydrogens is 294 g/mol. The number of benzene rings is 2. The molecule has 0 aliphatic carbocycles. The Labute approximate surface area is 134 Å². The Morgan fingerprint density at radius 1 is 0.955 bits per heavy atom. The highest BCUT2D eigenvalue weighted by molar-refractivity contribution is 6.35. The Balaban J connectivity index is 2.01. The molecule has 1 aliphatic heterocycles. The predicted octanol–water partition coefficient (Wildman–Crippen LogP) is 4.94. The molecule has 1 atom stereocenters. The van der Waals surface area contributed by atoms with Crippen molar-refractivity contribution < 1.29 is 4.74 Å². The van der Waals surface area contributed by atoms with Gasteiger partial charge in [0.2, 0.25) is 0 Å². The lowest BCUT2D eigenvalue weighted by molar-refractivity contribution is 0.0371. The van der Waals surface area contributed by atoms with Crippen molar-refractivity contribution in [2.45, 2.75) is 18.4 Å². The molecule has 1 aromatic heterocycles. The van der Waals surface area contributed by atoms with Gasteiger partial charge in [0.1, 0.15) is 5.60 Å². The summed E-state index contributed by atoms with van der Waals surface area (Å²) in [4.78, 5) is 4.14. The Morgan fingerprint density at radius 2 is 1.73 bits per heavy atom. The summed E-state index contributed by atoms with van der Waals surface area (Å²) >= 11 is 6.38. The van der Waals surface area contributed by atoms with Crippen LogP contribution in [0.15, 0.2) is 60.9 Å². The molecular formula is C19H16ClNO. The van der Waals surface area contributed by atoms with Gasteiger partial charge in [0.15, 0.2) is 0 Å². The van der Waals surface area contributed by atoms with E-state index in [0.717, 1.165) is 40.8 Å². The summed E-state index contributed by atoms with van der Waals surface area (Å²) in [6.07, 6.45) is 5.69. The maximum Gasteiger partial charge on any atom is 0.119 e. The van der Waals surface area contributed by atoms with Crippen molar-refractivity contribution in [2.75, 3.05) is 6.61 Å². The van der Waals surface area contributed by atoms with E-state index >= 15 is 0 Å². The van der Waals surface area contributed by atoms with E-state index in [1.807, 2.05) is 24.5 Å². The molecule has 0 spiro atoms. The van der Waals surface area contributed by atoms with Gasteiger partial charge < -0.3 is 4.74 Å². The summed E-state index contributed by atoms with van der Waals surface area (Å²) in [5.41, 5.74) is 1.95. The van der Waals surface area contributed by atoms with Crippen LogP contribution in [-0.4, -0.2) is 11.6 Å². The highest BCUT2D eigenvalue weighted by Gasteiger charge is 2.40. The minimum Gasteiger partial charge on any atom is -0.366 e. The molecule has 2 aromatic carbocycles. The number of pyridine rings is 1. The monoisotopic (exact) mass is 309 g/mol. The van der Waals surface area contributed by atoms with E-state index in [2.05, 4.69) is 41.4 Å². The van der Waals surface area contributed by atoms with Gasteiger partial charge in [0.25, 0.3) is 0 Å². The first kappa shape index (κ1) is 13.7. The number of ether oxygens (including phenoxy) is 1. The molecule has 2 nitrogen and oxygen atoms in total. The molecule has 4 rings (SSSR count). The third-order valence-corrected chi connectivity index (χ3v) is 4.80. The van der Waals surface area contributed by atoms with Gasteiger partial charge in [-0.25, -0.2) is 0 Å². The van der Waals surface area contributed by atoms with E-state index in [0.29, 0.717) is 0 Å². The van der Waals surface area contributed by atoms with Crippen LogP contribution in [0.25, 0.3) is 10.8 Å². The summed E-state index contributed by atoms with van der Waals surface area (Å²) in [7, 11) is 0. The van der Waals surface area contributed by atoms with Gasteiger partial charge >= 0.3 is 0 Å². The Morgan fingerprint density at radius 3 is 2.45 bits per heavy atom. The minimum absolute atomic E-state index is 0.396. The number of rotatable bonds is 2. The predicted molar refractivity (Wildman–Crippen MR) is 89.2 cm³/mol. The molecule has 2 heterocycles. The second kappa shape index (κ2) is 5.38. The molecule has 0 radical (unpaired) electrons. The van der Waals surface area contributed by atoms with Crippen LogP contribution >= 0.6 is 11.6 Å². The lowest BCUT2D eigenvalue weighted by Crippen LogP contribution is -2.26. The second-order valence-electron chi connectivity index (χ2n) is 5.66. The van der Waals surface area contributed by atoms with Crippen molar-refractivity contribution >= 4 is 22.4 Å². The van der Waals surface area contributed by atoms with Gasteiger partial charge in [0, 0.05) is 29.4 Å².